The number of rotatable bonds is 1. The van der Waals surface area contributed by atoms with Crippen LogP contribution in [-0.4, -0.2) is 46.9 Å². The summed E-state index contributed by atoms with van der Waals surface area (Å²) in [4.78, 5) is 17.2. The fourth-order valence-corrected chi connectivity index (χ4v) is 4.84. The number of aromatic amines is 1. The van der Waals surface area contributed by atoms with Gasteiger partial charge in [-0.15, -0.1) is 0 Å². The van der Waals surface area contributed by atoms with Crippen LogP contribution in [0.25, 0.3) is 22.2 Å². The maximum atomic E-state index is 10.6. The SMILES string of the molecule is Cc1cc2c(c(C)n1)OCC(C)c1c-2[nH]c2ccc(C3CCNCC3)cc12.O=C(O)C(F)(F)F. The Kier molecular flexibility index (Phi) is 6.58. The van der Waals surface area contributed by atoms with Crippen molar-refractivity contribution in [2.45, 2.75) is 51.6 Å². The number of aromatic nitrogens is 2. The molecular weight excluding hydrogens is 447 g/mol. The number of carboxylic acid groups (broad SMARTS) is 1. The van der Waals surface area contributed by atoms with Gasteiger partial charge in [-0.1, -0.05) is 13.0 Å². The van der Waals surface area contributed by atoms with Gasteiger partial charge in [-0.05, 0) is 75.0 Å². The van der Waals surface area contributed by atoms with E-state index in [0.29, 0.717) is 18.4 Å². The van der Waals surface area contributed by atoms with Crippen LogP contribution in [0.3, 0.4) is 0 Å². The number of benzene rings is 1. The summed E-state index contributed by atoms with van der Waals surface area (Å²) in [7, 11) is 0. The number of halogens is 3. The summed E-state index contributed by atoms with van der Waals surface area (Å²) in [6.45, 7) is 9.30. The van der Waals surface area contributed by atoms with Crippen molar-refractivity contribution in [2.24, 2.45) is 0 Å². The number of carboxylic acids is 1. The highest BCUT2D eigenvalue weighted by Gasteiger charge is 2.38. The minimum Gasteiger partial charge on any atom is -0.490 e. The van der Waals surface area contributed by atoms with Crippen LogP contribution in [0.15, 0.2) is 24.3 Å². The first kappa shape index (κ1) is 24.1. The maximum absolute atomic E-state index is 10.6. The monoisotopic (exact) mass is 475 g/mol. The number of hydrogen-bond acceptors (Lipinski definition) is 4. The zero-order valence-electron chi connectivity index (χ0n) is 19.3. The van der Waals surface area contributed by atoms with Crippen LogP contribution in [0.5, 0.6) is 5.75 Å². The number of alkyl halides is 3. The van der Waals surface area contributed by atoms with Gasteiger partial charge in [0, 0.05) is 28.1 Å². The summed E-state index contributed by atoms with van der Waals surface area (Å²) in [5.74, 6) is -0.826. The molecule has 2 aliphatic rings. The number of piperidine rings is 1. The van der Waals surface area contributed by atoms with Crippen molar-refractivity contribution < 1.29 is 27.8 Å². The lowest BCUT2D eigenvalue weighted by Crippen LogP contribution is -2.26. The Hall–Kier alpha value is -3.07. The Labute approximate surface area is 195 Å². The van der Waals surface area contributed by atoms with Crippen LogP contribution in [-0.2, 0) is 4.79 Å². The third-order valence-electron chi connectivity index (χ3n) is 6.43. The highest BCUT2D eigenvalue weighted by Crippen LogP contribution is 2.44. The quantitative estimate of drug-likeness (QED) is 0.436. The van der Waals surface area contributed by atoms with Crippen molar-refractivity contribution in [3.05, 3.63) is 46.8 Å². The lowest BCUT2D eigenvalue weighted by molar-refractivity contribution is -0.192. The smallest absolute Gasteiger partial charge is 0.490 e. The lowest BCUT2D eigenvalue weighted by atomic mass is 9.88. The van der Waals surface area contributed by atoms with Crippen molar-refractivity contribution in [3.63, 3.8) is 0 Å². The molecule has 5 rings (SSSR count). The molecule has 4 heterocycles. The van der Waals surface area contributed by atoms with E-state index in [1.54, 1.807) is 0 Å². The molecule has 1 fully saturated rings. The van der Waals surface area contributed by atoms with Gasteiger partial charge in [0.15, 0.2) is 0 Å². The predicted octanol–water partition coefficient (Wildman–Crippen LogP) is 5.44. The second-order valence-corrected chi connectivity index (χ2v) is 8.98. The first-order valence-electron chi connectivity index (χ1n) is 11.3. The van der Waals surface area contributed by atoms with E-state index in [9.17, 15) is 13.2 Å². The van der Waals surface area contributed by atoms with Crippen LogP contribution in [0.2, 0.25) is 0 Å². The molecule has 1 atom stereocenters. The molecule has 0 aliphatic carbocycles. The largest absolute Gasteiger partial charge is 0.490 e. The van der Waals surface area contributed by atoms with Crippen LogP contribution < -0.4 is 10.1 Å². The third-order valence-corrected chi connectivity index (χ3v) is 6.43. The van der Waals surface area contributed by atoms with Gasteiger partial charge in [0.05, 0.1) is 18.0 Å². The average Bonchev–Trinajstić information content (AvgIpc) is 3.10. The number of ether oxygens (including phenoxy) is 1. The fraction of sp³-hybridized carbons (Fsp3) is 0.440. The van der Waals surface area contributed by atoms with Gasteiger partial charge in [-0.2, -0.15) is 13.2 Å². The topological polar surface area (TPSA) is 87.2 Å². The number of fused-ring (bicyclic) bond motifs is 5. The van der Waals surface area contributed by atoms with Crippen LogP contribution >= 0.6 is 0 Å². The Morgan fingerprint density at radius 3 is 2.50 bits per heavy atom. The van der Waals surface area contributed by atoms with Crippen molar-refractivity contribution in [1.29, 1.82) is 0 Å². The average molecular weight is 476 g/mol. The molecule has 9 heteroatoms. The minimum absolute atomic E-state index is 0.337. The number of pyridine rings is 1. The van der Waals surface area contributed by atoms with E-state index >= 15 is 0 Å². The van der Waals surface area contributed by atoms with E-state index < -0.39 is 12.1 Å². The van der Waals surface area contributed by atoms with E-state index in [4.69, 9.17) is 14.6 Å². The molecule has 6 nitrogen and oxygen atoms in total. The Morgan fingerprint density at radius 1 is 1.18 bits per heavy atom. The molecule has 2 aromatic heterocycles. The highest BCUT2D eigenvalue weighted by atomic mass is 19.4. The van der Waals surface area contributed by atoms with E-state index in [0.717, 1.165) is 35.8 Å². The van der Waals surface area contributed by atoms with Crippen molar-refractivity contribution in [1.82, 2.24) is 15.3 Å². The van der Waals surface area contributed by atoms with Crippen LogP contribution in [0.4, 0.5) is 13.2 Å². The number of aliphatic carboxylic acids is 1. The summed E-state index contributed by atoms with van der Waals surface area (Å²) < 4.78 is 37.9. The molecule has 1 unspecified atom stereocenters. The zero-order chi connectivity index (χ0) is 24.6. The second kappa shape index (κ2) is 9.29. The van der Waals surface area contributed by atoms with Gasteiger partial charge >= 0.3 is 12.1 Å². The zero-order valence-corrected chi connectivity index (χ0v) is 19.3. The summed E-state index contributed by atoms with van der Waals surface area (Å²) >= 11 is 0. The summed E-state index contributed by atoms with van der Waals surface area (Å²) in [5, 5.41) is 12.0. The summed E-state index contributed by atoms with van der Waals surface area (Å²) in [5.41, 5.74) is 8.46. The van der Waals surface area contributed by atoms with Gasteiger partial charge in [-0.3, -0.25) is 4.98 Å². The predicted molar refractivity (Wildman–Crippen MR) is 123 cm³/mol. The van der Waals surface area contributed by atoms with Gasteiger partial charge in [0.1, 0.15) is 5.75 Å². The Bertz CT molecular complexity index is 1210. The molecule has 0 saturated carbocycles. The molecule has 1 aromatic carbocycles. The number of aryl methyl sites for hydroxylation is 2. The maximum Gasteiger partial charge on any atom is 0.490 e. The minimum atomic E-state index is -5.08. The molecule has 0 bridgehead atoms. The number of carbonyl (C=O) groups is 1. The van der Waals surface area contributed by atoms with E-state index in [2.05, 4.69) is 53.4 Å². The van der Waals surface area contributed by atoms with Crippen molar-refractivity contribution in [3.8, 4) is 17.0 Å². The first-order chi connectivity index (χ1) is 16.1. The van der Waals surface area contributed by atoms with Crippen LogP contribution in [0.1, 0.15) is 54.1 Å². The molecule has 182 valence electrons. The third kappa shape index (κ3) is 4.75. The van der Waals surface area contributed by atoms with Gasteiger partial charge in [0.2, 0.25) is 0 Å². The summed E-state index contributed by atoms with van der Waals surface area (Å²) in [6.07, 6.45) is -2.63. The molecule has 1 saturated heterocycles. The molecule has 34 heavy (non-hydrogen) atoms. The normalized spacial score (nSPS) is 18.2. The Balaban J connectivity index is 0.000000344. The highest BCUT2D eigenvalue weighted by molar-refractivity contribution is 5.93. The van der Waals surface area contributed by atoms with Crippen molar-refractivity contribution >= 4 is 16.9 Å². The lowest BCUT2D eigenvalue weighted by Gasteiger charge is -2.23. The molecule has 2 aliphatic heterocycles. The molecule has 3 N–H and O–H groups in total. The molecule has 0 amide bonds. The fourth-order valence-electron chi connectivity index (χ4n) is 4.84. The molecular formula is C25H28F3N3O3. The van der Waals surface area contributed by atoms with Crippen molar-refractivity contribution in [2.75, 3.05) is 19.7 Å². The van der Waals surface area contributed by atoms with Gasteiger partial charge in [-0.25, -0.2) is 4.79 Å². The first-order valence-corrected chi connectivity index (χ1v) is 11.3. The number of H-pyrrole nitrogens is 1. The second-order valence-electron chi connectivity index (χ2n) is 8.98. The molecule has 0 radical (unpaired) electrons. The number of nitrogens with one attached hydrogen (secondary N) is 2. The van der Waals surface area contributed by atoms with E-state index in [1.165, 1.54) is 40.6 Å². The van der Waals surface area contributed by atoms with E-state index in [1.807, 2.05) is 6.92 Å². The van der Waals surface area contributed by atoms with Gasteiger partial charge in [0.25, 0.3) is 0 Å². The summed E-state index contributed by atoms with van der Waals surface area (Å²) in [6, 6.07) is 9.18. The van der Waals surface area contributed by atoms with E-state index in [-0.39, 0.29) is 0 Å². The standard InChI is InChI=1S/C23H27N3O.C2HF3O2/c1-13-12-27-23-15(3)25-14(2)10-19(23)22-21(13)18-11-17(4-5-20(18)26-22)16-6-8-24-9-7-16;3-2(4,5)1(6)7/h4-5,10-11,13,16,24,26H,6-9,12H2,1-3H3;(H,6,7). The Morgan fingerprint density at radius 2 is 1.85 bits per heavy atom. The number of nitrogens with zero attached hydrogens (tertiary/aromatic N) is 1. The molecule has 3 aromatic rings. The van der Waals surface area contributed by atoms with Crippen LogP contribution in [0, 0.1) is 13.8 Å². The number of hydrogen-bond donors (Lipinski definition) is 3. The van der Waals surface area contributed by atoms with Gasteiger partial charge < -0.3 is 20.1 Å². The molecule has 0 spiro atoms.